The van der Waals surface area contributed by atoms with E-state index < -0.39 is 0 Å². The van der Waals surface area contributed by atoms with Crippen LogP contribution in [-0.4, -0.2) is 14.8 Å². The Labute approximate surface area is 101 Å². The second kappa shape index (κ2) is 4.20. The number of aryl methyl sites for hydroxylation is 2. The summed E-state index contributed by atoms with van der Waals surface area (Å²) in [6.45, 7) is 6.25. The molecule has 2 heterocycles. The zero-order valence-electron chi connectivity index (χ0n) is 10.7. The normalized spacial score (nSPS) is 11.1. The molecule has 2 aromatic rings. The Hall–Kier alpha value is -1.84. The average molecular weight is 230 g/mol. The lowest BCUT2D eigenvalue weighted by Gasteiger charge is -2.08. The minimum Gasteiger partial charge on any atom is -0.384 e. The number of rotatable bonds is 2. The van der Waals surface area contributed by atoms with Gasteiger partial charge in [0.1, 0.15) is 5.82 Å². The van der Waals surface area contributed by atoms with E-state index in [2.05, 4.69) is 23.9 Å². The quantitative estimate of drug-likeness (QED) is 0.862. The molecule has 0 atom stereocenters. The van der Waals surface area contributed by atoms with E-state index >= 15 is 0 Å². The Morgan fingerprint density at radius 1 is 1.35 bits per heavy atom. The van der Waals surface area contributed by atoms with Gasteiger partial charge in [0, 0.05) is 30.1 Å². The van der Waals surface area contributed by atoms with Crippen molar-refractivity contribution in [1.29, 1.82) is 0 Å². The maximum atomic E-state index is 6.07. The number of hydrogen-bond donors (Lipinski definition) is 1. The zero-order chi connectivity index (χ0) is 12.6. The summed E-state index contributed by atoms with van der Waals surface area (Å²) >= 11 is 0. The summed E-state index contributed by atoms with van der Waals surface area (Å²) in [5, 5.41) is 4.51. The second-order valence-electron chi connectivity index (χ2n) is 4.56. The van der Waals surface area contributed by atoms with Crippen LogP contribution in [0.1, 0.15) is 31.0 Å². The number of nitrogens with zero attached hydrogens (tertiary/aromatic N) is 3. The van der Waals surface area contributed by atoms with Crippen LogP contribution in [-0.2, 0) is 7.05 Å². The largest absolute Gasteiger partial charge is 0.384 e. The Bertz CT molecular complexity index is 540. The zero-order valence-corrected chi connectivity index (χ0v) is 10.7. The molecule has 2 N–H and O–H groups in total. The molecule has 0 aliphatic carbocycles. The van der Waals surface area contributed by atoms with Gasteiger partial charge in [-0.05, 0) is 25.0 Å². The van der Waals surface area contributed by atoms with Gasteiger partial charge >= 0.3 is 0 Å². The fourth-order valence-electron chi connectivity index (χ4n) is 2.06. The van der Waals surface area contributed by atoms with Gasteiger partial charge in [-0.1, -0.05) is 13.8 Å². The lowest BCUT2D eigenvalue weighted by molar-refractivity contribution is 0.779. The third-order valence-corrected chi connectivity index (χ3v) is 2.97. The van der Waals surface area contributed by atoms with E-state index in [9.17, 15) is 0 Å². The van der Waals surface area contributed by atoms with E-state index in [1.807, 2.05) is 26.1 Å². The van der Waals surface area contributed by atoms with Gasteiger partial charge in [0.25, 0.3) is 0 Å². The number of aromatic nitrogens is 3. The summed E-state index contributed by atoms with van der Waals surface area (Å²) < 4.78 is 1.73. The van der Waals surface area contributed by atoms with Crippen LogP contribution < -0.4 is 5.73 Å². The maximum absolute atomic E-state index is 6.07. The summed E-state index contributed by atoms with van der Waals surface area (Å²) in [6.07, 6.45) is 1.79. The van der Waals surface area contributed by atoms with Crippen molar-refractivity contribution in [3.63, 3.8) is 0 Å². The summed E-state index contributed by atoms with van der Waals surface area (Å²) in [4.78, 5) is 4.30. The Balaban J connectivity index is 2.68. The standard InChI is InChI=1S/C13H18N4/c1-8(2)11-12(16-17(4)13(11)14)10-6-5-7-15-9(10)3/h5-8H,14H2,1-4H3. The first-order valence-electron chi connectivity index (χ1n) is 5.76. The Kier molecular flexibility index (Phi) is 2.88. The molecule has 0 aliphatic heterocycles. The highest BCUT2D eigenvalue weighted by Gasteiger charge is 2.19. The van der Waals surface area contributed by atoms with Crippen molar-refractivity contribution < 1.29 is 0 Å². The number of nitrogen functional groups attached to an aromatic ring is 1. The van der Waals surface area contributed by atoms with E-state index in [1.165, 1.54) is 0 Å². The van der Waals surface area contributed by atoms with Crippen molar-refractivity contribution in [1.82, 2.24) is 14.8 Å². The molecule has 4 heteroatoms. The fraction of sp³-hybridized carbons (Fsp3) is 0.385. The third kappa shape index (κ3) is 1.90. The molecule has 0 saturated carbocycles. The molecule has 0 bridgehead atoms. The van der Waals surface area contributed by atoms with Gasteiger partial charge in [-0.3, -0.25) is 9.67 Å². The van der Waals surface area contributed by atoms with E-state index in [-0.39, 0.29) is 0 Å². The van der Waals surface area contributed by atoms with Gasteiger partial charge in [-0.2, -0.15) is 5.10 Å². The molecule has 4 nitrogen and oxygen atoms in total. The molecule has 0 unspecified atom stereocenters. The molecule has 0 radical (unpaired) electrons. The predicted octanol–water partition coefficient (Wildman–Crippen LogP) is 2.50. The van der Waals surface area contributed by atoms with E-state index in [1.54, 1.807) is 10.9 Å². The van der Waals surface area contributed by atoms with Crippen molar-refractivity contribution in [3.8, 4) is 11.3 Å². The van der Waals surface area contributed by atoms with Crippen LogP contribution in [0, 0.1) is 6.92 Å². The van der Waals surface area contributed by atoms with Crippen LogP contribution >= 0.6 is 0 Å². The first-order valence-corrected chi connectivity index (χ1v) is 5.76. The molecular formula is C13H18N4. The number of anilines is 1. The molecular weight excluding hydrogens is 212 g/mol. The molecule has 0 amide bonds. The first-order chi connectivity index (χ1) is 8.02. The van der Waals surface area contributed by atoms with Crippen molar-refractivity contribution >= 4 is 5.82 Å². The number of nitrogens with two attached hydrogens (primary N) is 1. The number of hydrogen-bond acceptors (Lipinski definition) is 3. The molecule has 0 aromatic carbocycles. The van der Waals surface area contributed by atoms with E-state index in [0.717, 1.165) is 28.3 Å². The Morgan fingerprint density at radius 3 is 2.65 bits per heavy atom. The van der Waals surface area contributed by atoms with Crippen LogP contribution in [0.2, 0.25) is 0 Å². The Morgan fingerprint density at radius 2 is 2.06 bits per heavy atom. The molecule has 2 rings (SSSR count). The van der Waals surface area contributed by atoms with Gasteiger partial charge in [0.15, 0.2) is 0 Å². The molecule has 0 fully saturated rings. The van der Waals surface area contributed by atoms with Gasteiger partial charge in [0.05, 0.1) is 5.69 Å². The molecule has 0 aliphatic rings. The summed E-state index contributed by atoms with van der Waals surface area (Å²) in [6, 6.07) is 3.97. The van der Waals surface area contributed by atoms with Crippen LogP contribution in [0.5, 0.6) is 0 Å². The average Bonchev–Trinajstić information content (AvgIpc) is 2.56. The molecule has 17 heavy (non-hydrogen) atoms. The highest BCUT2D eigenvalue weighted by atomic mass is 15.3. The lowest BCUT2D eigenvalue weighted by Crippen LogP contribution is -2.00. The van der Waals surface area contributed by atoms with Gasteiger partial charge < -0.3 is 5.73 Å². The predicted molar refractivity (Wildman–Crippen MR) is 69.7 cm³/mol. The number of pyridine rings is 1. The molecule has 0 saturated heterocycles. The first kappa shape index (κ1) is 11.6. The monoisotopic (exact) mass is 230 g/mol. The lowest BCUT2D eigenvalue weighted by atomic mass is 9.98. The molecule has 90 valence electrons. The van der Waals surface area contributed by atoms with Crippen LogP contribution in [0.4, 0.5) is 5.82 Å². The van der Waals surface area contributed by atoms with E-state index in [4.69, 9.17) is 5.73 Å². The van der Waals surface area contributed by atoms with Gasteiger partial charge in [-0.25, -0.2) is 0 Å². The summed E-state index contributed by atoms with van der Waals surface area (Å²) in [7, 11) is 1.87. The summed E-state index contributed by atoms with van der Waals surface area (Å²) in [5.74, 6) is 1.08. The topological polar surface area (TPSA) is 56.7 Å². The van der Waals surface area contributed by atoms with E-state index in [0.29, 0.717) is 5.92 Å². The van der Waals surface area contributed by atoms with Crippen molar-refractivity contribution in [2.24, 2.45) is 7.05 Å². The summed E-state index contributed by atoms with van der Waals surface area (Å²) in [5.41, 5.74) is 10.2. The fourth-order valence-corrected chi connectivity index (χ4v) is 2.06. The minimum atomic E-state index is 0.346. The highest BCUT2D eigenvalue weighted by Crippen LogP contribution is 2.33. The molecule has 0 spiro atoms. The van der Waals surface area contributed by atoms with Gasteiger partial charge in [-0.15, -0.1) is 0 Å². The van der Waals surface area contributed by atoms with Crippen molar-refractivity contribution in [2.75, 3.05) is 5.73 Å². The molecule has 2 aromatic heterocycles. The van der Waals surface area contributed by atoms with Crippen LogP contribution in [0.15, 0.2) is 18.3 Å². The van der Waals surface area contributed by atoms with Crippen molar-refractivity contribution in [3.05, 3.63) is 29.6 Å². The smallest absolute Gasteiger partial charge is 0.125 e. The minimum absolute atomic E-state index is 0.346. The van der Waals surface area contributed by atoms with Crippen LogP contribution in [0.25, 0.3) is 11.3 Å². The van der Waals surface area contributed by atoms with Crippen LogP contribution in [0.3, 0.4) is 0 Å². The maximum Gasteiger partial charge on any atom is 0.125 e. The van der Waals surface area contributed by atoms with Crippen molar-refractivity contribution in [2.45, 2.75) is 26.7 Å². The van der Waals surface area contributed by atoms with Gasteiger partial charge in [0.2, 0.25) is 0 Å². The SMILES string of the molecule is Cc1ncccc1-c1nn(C)c(N)c1C(C)C. The highest BCUT2D eigenvalue weighted by molar-refractivity contribution is 5.70. The third-order valence-electron chi connectivity index (χ3n) is 2.97. The second-order valence-corrected chi connectivity index (χ2v) is 4.56.